The fraction of sp³-hybridized carbons (Fsp3) is 0.182. The van der Waals surface area contributed by atoms with Gasteiger partial charge in [-0.05, 0) is 12.5 Å². The number of nitrogens with zero attached hydrogens (tertiary/aromatic N) is 1. The standard InChI is InChI=1S/C11H10N2O4/c1-6-2-3-8(13(16)17)10-9(6)11(15)7(5-14)4-12-10/h2-4,14H,5H2,1H3,(H,12,15). The number of aromatic nitrogens is 1. The number of H-pyrrole nitrogens is 1. The van der Waals surface area contributed by atoms with Crippen LogP contribution in [0.5, 0.6) is 0 Å². The van der Waals surface area contributed by atoms with Crippen LogP contribution in [0.2, 0.25) is 0 Å². The molecule has 0 atom stereocenters. The van der Waals surface area contributed by atoms with E-state index in [1.54, 1.807) is 6.92 Å². The molecular formula is C11H10N2O4. The van der Waals surface area contributed by atoms with Crippen molar-refractivity contribution in [2.45, 2.75) is 13.5 Å². The highest BCUT2D eigenvalue weighted by atomic mass is 16.6. The molecule has 2 rings (SSSR count). The zero-order valence-corrected chi connectivity index (χ0v) is 9.06. The molecule has 17 heavy (non-hydrogen) atoms. The van der Waals surface area contributed by atoms with Crippen molar-refractivity contribution < 1.29 is 10.0 Å². The van der Waals surface area contributed by atoms with Gasteiger partial charge >= 0.3 is 0 Å². The number of aliphatic hydroxyl groups is 1. The van der Waals surface area contributed by atoms with Gasteiger partial charge in [0.05, 0.1) is 16.9 Å². The molecule has 0 unspecified atom stereocenters. The van der Waals surface area contributed by atoms with Crippen molar-refractivity contribution in [3.8, 4) is 0 Å². The van der Waals surface area contributed by atoms with E-state index in [4.69, 9.17) is 5.11 Å². The van der Waals surface area contributed by atoms with Gasteiger partial charge in [-0.15, -0.1) is 0 Å². The van der Waals surface area contributed by atoms with E-state index in [9.17, 15) is 14.9 Å². The number of hydrogen-bond acceptors (Lipinski definition) is 4. The lowest BCUT2D eigenvalue weighted by molar-refractivity contribution is -0.383. The molecule has 1 aromatic heterocycles. The average Bonchev–Trinajstić information content (AvgIpc) is 2.29. The Kier molecular flexibility index (Phi) is 2.64. The smallest absolute Gasteiger partial charge is 0.293 e. The first-order chi connectivity index (χ1) is 8.06. The van der Waals surface area contributed by atoms with Crippen LogP contribution < -0.4 is 5.43 Å². The van der Waals surface area contributed by atoms with Crippen molar-refractivity contribution in [3.63, 3.8) is 0 Å². The number of fused-ring (bicyclic) bond motifs is 1. The topological polar surface area (TPSA) is 96.2 Å². The molecule has 1 heterocycles. The van der Waals surface area contributed by atoms with E-state index in [1.807, 2.05) is 0 Å². The lowest BCUT2D eigenvalue weighted by Crippen LogP contribution is -2.12. The van der Waals surface area contributed by atoms with Crippen molar-refractivity contribution in [1.82, 2.24) is 4.98 Å². The molecule has 6 heteroatoms. The number of hydrogen-bond donors (Lipinski definition) is 2. The van der Waals surface area contributed by atoms with E-state index in [0.717, 1.165) is 0 Å². The molecule has 0 aliphatic rings. The number of rotatable bonds is 2. The largest absolute Gasteiger partial charge is 0.391 e. The van der Waals surface area contributed by atoms with Crippen LogP contribution in [0.1, 0.15) is 11.1 Å². The van der Waals surface area contributed by atoms with Gasteiger partial charge in [0.2, 0.25) is 0 Å². The lowest BCUT2D eigenvalue weighted by atomic mass is 10.1. The maximum Gasteiger partial charge on any atom is 0.293 e. The molecule has 0 spiro atoms. The van der Waals surface area contributed by atoms with Gasteiger partial charge in [-0.25, -0.2) is 0 Å². The SMILES string of the molecule is Cc1ccc([N+](=O)[O-])c2[nH]cc(CO)c(=O)c12. The second-order valence-corrected chi connectivity index (χ2v) is 3.71. The van der Waals surface area contributed by atoms with Gasteiger partial charge in [-0.1, -0.05) is 6.07 Å². The van der Waals surface area contributed by atoms with Gasteiger partial charge in [-0.3, -0.25) is 14.9 Å². The summed E-state index contributed by atoms with van der Waals surface area (Å²) in [6.45, 7) is 1.30. The summed E-state index contributed by atoms with van der Waals surface area (Å²) in [5.74, 6) is 0. The Morgan fingerprint density at radius 1 is 1.47 bits per heavy atom. The van der Waals surface area contributed by atoms with Crippen LogP contribution in [0.15, 0.2) is 23.1 Å². The van der Waals surface area contributed by atoms with Crippen LogP contribution in [0, 0.1) is 17.0 Å². The first-order valence-corrected chi connectivity index (χ1v) is 4.95. The maximum atomic E-state index is 12.0. The Hall–Kier alpha value is -2.21. The molecule has 0 saturated carbocycles. The summed E-state index contributed by atoms with van der Waals surface area (Å²) in [4.78, 5) is 24.9. The second-order valence-electron chi connectivity index (χ2n) is 3.71. The summed E-state index contributed by atoms with van der Waals surface area (Å²) < 4.78 is 0. The van der Waals surface area contributed by atoms with Crippen LogP contribution in [-0.2, 0) is 6.61 Å². The normalized spacial score (nSPS) is 10.7. The molecule has 2 aromatic rings. The van der Waals surface area contributed by atoms with Crippen LogP contribution in [-0.4, -0.2) is 15.0 Å². The number of benzene rings is 1. The first kappa shape index (κ1) is 11.3. The first-order valence-electron chi connectivity index (χ1n) is 4.95. The maximum absolute atomic E-state index is 12.0. The molecule has 0 amide bonds. The fourth-order valence-electron chi connectivity index (χ4n) is 1.79. The summed E-state index contributed by atoms with van der Waals surface area (Å²) in [5.41, 5.74) is 0.509. The summed E-state index contributed by atoms with van der Waals surface area (Å²) in [5, 5.41) is 20.1. The fourth-order valence-corrected chi connectivity index (χ4v) is 1.79. The summed E-state index contributed by atoms with van der Waals surface area (Å²) >= 11 is 0. The van der Waals surface area contributed by atoms with E-state index in [1.165, 1.54) is 18.3 Å². The minimum Gasteiger partial charge on any atom is -0.391 e. The Bertz CT molecular complexity index is 660. The summed E-state index contributed by atoms with van der Waals surface area (Å²) in [7, 11) is 0. The number of aromatic amines is 1. The molecule has 88 valence electrons. The number of aliphatic hydroxyl groups excluding tert-OH is 1. The predicted molar refractivity (Wildman–Crippen MR) is 61.9 cm³/mol. The van der Waals surface area contributed by atoms with Gasteiger partial charge in [0.25, 0.3) is 5.69 Å². The zero-order valence-electron chi connectivity index (χ0n) is 9.06. The van der Waals surface area contributed by atoms with Crippen molar-refractivity contribution >= 4 is 16.6 Å². The predicted octanol–water partition coefficient (Wildman–Crippen LogP) is 1.24. The molecule has 0 aliphatic heterocycles. The van der Waals surface area contributed by atoms with Gasteiger partial charge in [-0.2, -0.15) is 0 Å². The Morgan fingerprint density at radius 2 is 2.18 bits per heavy atom. The Labute approximate surface area is 95.7 Å². The third-order valence-electron chi connectivity index (χ3n) is 2.67. The average molecular weight is 234 g/mol. The van der Waals surface area contributed by atoms with E-state index < -0.39 is 11.5 Å². The van der Waals surface area contributed by atoms with Crippen LogP contribution in [0.4, 0.5) is 5.69 Å². The number of pyridine rings is 1. The number of nitrogens with one attached hydrogen (secondary N) is 1. The molecule has 6 nitrogen and oxygen atoms in total. The molecule has 0 saturated heterocycles. The van der Waals surface area contributed by atoms with Crippen molar-refractivity contribution in [3.05, 3.63) is 49.8 Å². The highest BCUT2D eigenvalue weighted by molar-refractivity contribution is 5.89. The molecule has 1 aromatic carbocycles. The minimum absolute atomic E-state index is 0.146. The minimum atomic E-state index is -0.545. The van der Waals surface area contributed by atoms with Crippen LogP contribution >= 0.6 is 0 Å². The van der Waals surface area contributed by atoms with Crippen molar-refractivity contribution in [2.24, 2.45) is 0 Å². The molecule has 0 aliphatic carbocycles. The summed E-state index contributed by atoms with van der Waals surface area (Å²) in [6.07, 6.45) is 1.30. The highest BCUT2D eigenvalue weighted by Crippen LogP contribution is 2.24. The van der Waals surface area contributed by atoms with E-state index in [0.29, 0.717) is 5.56 Å². The summed E-state index contributed by atoms with van der Waals surface area (Å²) in [6, 6.07) is 2.88. The molecule has 0 bridgehead atoms. The molecule has 2 N–H and O–H groups in total. The Morgan fingerprint density at radius 3 is 2.76 bits per heavy atom. The molecular weight excluding hydrogens is 224 g/mol. The third kappa shape index (κ3) is 1.68. The van der Waals surface area contributed by atoms with Crippen molar-refractivity contribution in [2.75, 3.05) is 0 Å². The van der Waals surface area contributed by atoms with Gasteiger partial charge < -0.3 is 10.1 Å². The number of non-ortho nitro benzene ring substituents is 1. The Balaban J connectivity index is 2.97. The zero-order chi connectivity index (χ0) is 12.6. The van der Waals surface area contributed by atoms with E-state index in [-0.39, 0.29) is 27.6 Å². The van der Waals surface area contributed by atoms with Gasteiger partial charge in [0.15, 0.2) is 5.43 Å². The van der Waals surface area contributed by atoms with Gasteiger partial charge in [0, 0.05) is 17.8 Å². The van der Waals surface area contributed by atoms with Crippen molar-refractivity contribution in [1.29, 1.82) is 0 Å². The van der Waals surface area contributed by atoms with E-state index in [2.05, 4.69) is 4.98 Å². The highest BCUT2D eigenvalue weighted by Gasteiger charge is 2.16. The molecule has 0 radical (unpaired) electrons. The van der Waals surface area contributed by atoms with Crippen LogP contribution in [0.3, 0.4) is 0 Å². The third-order valence-corrected chi connectivity index (χ3v) is 2.67. The number of nitro benzene ring substituents is 1. The molecule has 0 fully saturated rings. The van der Waals surface area contributed by atoms with Gasteiger partial charge in [0.1, 0.15) is 5.52 Å². The second kappa shape index (κ2) is 3.99. The lowest BCUT2D eigenvalue weighted by Gasteiger charge is -2.04. The number of nitro groups is 1. The monoisotopic (exact) mass is 234 g/mol. The number of aryl methyl sites for hydroxylation is 1. The van der Waals surface area contributed by atoms with Crippen LogP contribution in [0.25, 0.3) is 10.9 Å². The quantitative estimate of drug-likeness (QED) is 0.603. The van der Waals surface area contributed by atoms with E-state index >= 15 is 0 Å².